The van der Waals surface area contributed by atoms with E-state index in [0.717, 1.165) is 25.7 Å². The lowest BCUT2D eigenvalue weighted by atomic mass is 9.87. The lowest BCUT2D eigenvalue weighted by molar-refractivity contribution is -0.146. The molecule has 0 aromatic carbocycles. The first kappa shape index (κ1) is 15.5. The lowest BCUT2D eigenvalue weighted by Gasteiger charge is -2.20. The molecule has 122 valence electrons. The molecule has 3 rings (SSSR count). The van der Waals surface area contributed by atoms with Gasteiger partial charge in [0.25, 0.3) is 0 Å². The van der Waals surface area contributed by atoms with Crippen LogP contribution in [0.2, 0.25) is 0 Å². The van der Waals surface area contributed by atoms with Gasteiger partial charge in [0.15, 0.2) is 0 Å². The summed E-state index contributed by atoms with van der Waals surface area (Å²) in [6.07, 6.45) is 3.38. The Morgan fingerprint density at radius 3 is 2.95 bits per heavy atom. The molecule has 0 spiro atoms. The predicted molar refractivity (Wildman–Crippen MR) is 79.0 cm³/mol. The Morgan fingerprint density at radius 2 is 2.27 bits per heavy atom. The molecule has 0 N–H and O–H groups in total. The van der Waals surface area contributed by atoms with Gasteiger partial charge in [-0.05, 0) is 32.6 Å². The Balaban J connectivity index is 1.63. The predicted octanol–water partition coefficient (Wildman–Crippen LogP) is 2.38. The van der Waals surface area contributed by atoms with E-state index in [-0.39, 0.29) is 47.7 Å². The minimum absolute atomic E-state index is 0.0948. The highest BCUT2D eigenvalue weighted by Crippen LogP contribution is 2.55. The summed E-state index contributed by atoms with van der Waals surface area (Å²) in [5.41, 5.74) is 0.479. The second-order valence-corrected chi connectivity index (χ2v) is 6.96. The lowest BCUT2D eigenvalue weighted by Crippen LogP contribution is -2.28. The highest BCUT2D eigenvalue weighted by molar-refractivity contribution is 5.90. The molecular weight excluding hydrogens is 284 g/mol. The number of hydrogen-bond acceptors (Lipinski definition) is 5. The van der Waals surface area contributed by atoms with E-state index in [9.17, 15) is 9.59 Å². The molecule has 1 saturated carbocycles. The van der Waals surface area contributed by atoms with E-state index in [1.165, 1.54) is 6.92 Å². The average Bonchev–Trinajstić information content (AvgIpc) is 3.10. The number of carbonyl (C=O) groups excluding carboxylic acids is 2. The van der Waals surface area contributed by atoms with Crippen molar-refractivity contribution < 1.29 is 23.8 Å². The number of carbonyl (C=O) groups is 2. The van der Waals surface area contributed by atoms with Crippen LogP contribution < -0.4 is 0 Å². The van der Waals surface area contributed by atoms with Crippen molar-refractivity contribution in [2.24, 2.45) is 11.8 Å². The average molecular weight is 308 g/mol. The summed E-state index contributed by atoms with van der Waals surface area (Å²) < 4.78 is 16.7. The van der Waals surface area contributed by atoms with Crippen LogP contribution in [0.15, 0.2) is 12.2 Å². The maximum Gasteiger partial charge on any atom is 0.334 e. The summed E-state index contributed by atoms with van der Waals surface area (Å²) in [4.78, 5) is 22.7. The van der Waals surface area contributed by atoms with Gasteiger partial charge in [0.1, 0.15) is 6.10 Å². The Morgan fingerprint density at radius 1 is 1.55 bits per heavy atom. The molecule has 1 aliphatic carbocycles. The maximum absolute atomic E-state index is 11.7. The monoisotopic (exact) mass is 308 g/mol. The van der Waals surface area contributed by atoms with Gasteiger partial charge in [-0.15, -0.1) is 0 Å². The third-order valence-corrected chi connectivity index (χ3v) is 5.39. The maximum atomic E-state index is 11.7. The smallest absolute Gasteiger partial charge is 0.334 e. The van der Waals surface area contributed by atoms with E-state index in [2.05, 4.69) is 13.5 Å². The SMILES string of the molecule is C=C1C(=O)O[C@@H]2[C@H](C)[C@@H]3O[C@]3(CCC(C)OC(C)=O)CC[C@H]12. The highest BCUT2D eigenvalue weighted by Gasteiger charge is 2.63. The number of esters is 2. The van der Waals surface area contributed by atoms with Crippen molar-refractivity contribution in [2.45, 2.75) is 70.4 Å². The van der Waals surface area contributed by atoms with Crippen molar-refractivity contribution in [1.82, 2.24) is 0 Å². The van der Waals surface area contributed by atoms with Gasteiger partial charge in [0.2, 0.25) is 0 Å². The number of ether oxygens (including phenoxy) is 3. The van der Waals surface area contributed by atoms with E-state index >= 15 is 0 Å². The van der Waals surface area contributed by atoms with Crippen LogP contribution in [0.25, 0.3) is 0 Å². The molecule has 0 radical (unpaired) electrons. The van der Waals surface area contributed by atoms with Gasteiger partial charge in [-0.1, -0.05) is 13.5 Å². The molecule has 5 heteroatoms. The second-order valence-electron chi connectivity index (χ2n) is 6.96. The van der Waals surface area contributed by atoms with Crippen LogP contribution in [-0.4, -0.2) is 35.9 Å². The summed E-state index contributed by atoms with van der Waals surface area (Å²) in [6.45, 7) is 9.33. The van der Waals surface area contributed by atoms with E-state index in [1.807, 2.05) is 6.92 Å². The van der Waals surface area contributed by atoms with Crippen molar-refractivity contribution in [3.63, 3.8) is 0 Å². The number of rotatable bonds is 4. The number of hydrogen-bond donors (Lipinski definition) is 0. The molecule has 2 saturated heterocycles. The van der Waals surface area contributed by atoms with Crippen molar-refractivity contribution in [2.75, 3.05) is 0 Å². The molecule has 3 aliphatic rings. The molecule has 2 aliphatic heterocycles. The summed E-state index contributed by atoms with van der Waals surface area (Å²) in [5.74, 6) is -0.190. The van der Waals surface area contributed by atoms with E-state index in [4.69, 9.17) is 14.2 Å². The fourth-order valence-corrected chi connectivity index (χ4v) is 4.14. The minimum atomic E-state index is -0.251. The first-order chi connectivity index (χ1) is 10.3. The molecule has 6 atom stereocenters. The third-order valence-electron chi connectivity index (χ3n) is 5.39. The Labute approximate surface area is 131 Å². The number of epoxide rings is 1. The second kappa shape index (κ2) is 5.37. The van der Waals surface area contributed by atoms with Crippen LogP contribution >= 0.6 is 0 Å². The zero-order valence-electron chi connectivity index (χ0n) is 13.5. The Bertz CT molecular complexity index is 513. The van der Waals surface area contributed by atoms with Gasteiger partial charge >= 0.3 is 11.9 Å². The van der Waals surface area contributed by atoms with Crippen LogP contribution in [-0.2, 0) is 23.8 Å². The highest BCUT2D eigenvalue weighted by atomic mass is 16.6. The molecule has 0 aromatic rings. The fraction of sp³-hybridized carbons (Fsp3) is 0.765. The minimum Gasteiger partial charge on any atom is -0.463 e. The molecule has 1 unspecified atom stereocenters. The fourth-order valence-electron chi connectivity index (χ4n) is 4.14. The topological polar surface area (TPSA) is 65.1 Å². The van der Waals surface area contributed by atoms with Crippen LogP contribution in [0, 0.1) is 11.8 Å². The van der Waals surface area contributed by atoms with E-state index in [0.29, 0.717) is 5.57 Å². The molecular formula is C17H24O5. The van der Waals surface area contributed by atoms with Gasteiger partial charge < -0.3 is 14.2 Å². The van der Waals surface area contributed by atoms with Crippen molar-refractivity contribution >= 4 is 11.9 Å². The van der Waals surface area contributed by atoms with Crippen molar-refractivity contribution in [3.05, 3.63) is 12.2 Å². The van der Waals surface area contributed by atoms with Crippen LogP contribution in [0.5, 0.6) is 0 Å². The first-order valence-corrected chi connectivity index (χ1v) is 8.09. The number of fused-ring (bicyclic) bond motifs is 2. The van der Waals surface area contributed by atoms with Gasteiger partial charge in [-0.25, -0.2) is 4.79 Å². The molecule has 2 heterocycles. The molecule has 0 aromatic heterocycles. The van der Waals surface area contributed by atoms with Crippen LogP contribution in [0.3, 0.4) is 0 Å². The quantitative estimate of drug-likeness (QED) is 0.453. The van der Waals surface area contributed by atoms with E-state index < -0.39 is 0 Å². The normalized spacial score (nSPS) is 41.0. The Hall–Kier alpha value is -1.36. The molecule has 22 heavy (non-hydrogen) atoms. The standard InChI is InChI=1S/C17H24O5/c1-9(20-12(4)18)5-7-17-8-6-13-10(2)16(19)21-14(13)11(3)15(17)22-17/h9,11,13-15H,2,5-8H2,1,3-4H3/t9?,11-,13+,14+,15-,17+/m0/s1. The zero-order valence-corrected chi connectivity index (χ0v) is 13.5. The summed E-state index contributed by atoms with van der Waals surface area (Å²) in [5, 5.41) is 0. The van der Waals surface area contributed by atoms with Crippen LogP contribution in [0.4, 0.5) is 0 Å². The van der Waals surface area contributed by atoms with Crippen molar-refractivity contribution in [1.29, 1.82) is 0 Å². The molecule has 3 fully saturated rings. The van der Waals surface area contributed by atoms with E-state index in [1.54, 1.807) is 0 Å². The zero-order chi connectivity index (χ0) is 16.1. The first-order valence-electron chi connectivity index (χ1n) is 8.09. The summed E-state index contributed by atoms with van der Waals surface area (Å²) in [7, 11) is 0. The summed E-state index contributed by atoms with van der Waals surface area (Å²) >= 11 is 0. The van der Waals surface area contributed by atoms with Crippen LogP contribution in [0.1, 0.15) is 46.5 Å². The third kappa shape index (κ3) is 2.56. The Kier molecular flexibility index (Phi) is 3.79. The molecule has 0 amide bonds. The van der Waals surface area contributed by atoms with Gasteiger partial charge in [0, 0.05) is 24.3 Å². The van der Waals surface area contributed by atoms with Crippen molar-refractivity contribution in [3.8, 4) is 0 Å². The van der Waals surface area contributed by atoms with Gasteiger partial charge in [0.05, 0.1) is 17.8 Å². The van der Waals surface area contributed by atoms with Gasteiger partial charge in [-0.2, -0.15) is 0 Å². The molecule has 5 nitrogen and oxygen atoms in total. The largest absolute Gasteiger partial charge is 0.463 e. The summed E-state index contributed by atoms with van der Waals surface area (Å²) in [6, 6.07) is 0. The molecule has 0 bridgehead atoms. The van der Waals surface area contributed by atoms with Gasteiger partial charge in [-0.3, -0.25) is 4.79 Å².